The maximum Gasteiger partial charge on any atom is 0.337 e. The monoisotopic (exact) mass is 534 g/mol. The van der Waals surface area contributed by atoms with Crippen LogP contribution >= 0.6 is 0 Å². The molecule has 2 aromatic carbocycles. The molecule has 8 heteroatoms. The first-order valence-electron chi connectivity index (χ1n) is 13.0. The van der Waals surface area contributed by atoms with E-state index in [-0.39, 0.29) is 11.5 Å². The molecule has 2 heterocycles. The van der Waals surface area contributed by atoms with Gasteiger partial charge in [0.05, 0.1) is 30.5 Å². The summed E-state index contributed by atoms with van der Waals surface area (Å²) < 4.78 is 13.8. The maximum absolute atomic E-state index is 12.0. The zero-order chi connectivity index (χ0) is 27.7. The molecular weight excluding hydrogens is 496 g/mol. The van der Waals surface area contributed by atoms with Gasteiger partial charge in [-0.25, -0.2) is 4.79 Å². The Morgan fingerprint density at radius 1 is 1.00 bits per heavy atom. The Bertz CT molecular complexity index is 1410. The van der Waals surface area contributed by atoms with Gasteiger partial charge in [0.2, 0.25) is 0 Å². The number of carbonyl (C=O) groups is 1. The Labute approximate surface area is 225 Å². The summed E-state index contributed by atoms with van der Waals surface area (Å²) in [5.74, 6) is -0.882. The molecule has 202 valence electrons. The Morgan fingerprint density at radius 3 is 2.32 bits per heavy atom. The van der Waals surface area contributed by atoms with Crippen LogP contribution in [0.1, 0.15) is 44.6 Å². The van der Waals surface area contributed by atoms with Gasteiger partial charge in [-0.3, -0.25) is 4.98 Å². The fourth-order valence-electron chi connectivity index (χ4n) is 4.57. The molecule has 0 amide bonds. The lowest BCUT2D eigenvalue weighted by atomic mass is 10.0. The van der Waals surface area contributed by atoms with E-state index in [2.05, 4.69) is 67.4 Å². The molecule has 0 saturated carbocycles. The molecule has 0 bridgehead atoms. The summed E-state index contributed by atoms with van der Waals surface area (Å²) >= 11 is 0. The van der Waals surface area contributed by atoms with E-state index in [1.807, 2.05) is 36.4 Å². The van der Waals surface area contributed by atoms with Crippen molar-refractivity contribution in [3.05, 3.63) is 78.1 Å². The van der Waals surface area contributed by atoms with Crippen molar-refractivity contribution in [2.45, 2.75) is 70.2 Å². The Balaban J connectivity index is 1.91. The predicted molar refractivity (Wildman–Crippen MR) is 152 cm³/mol. The minimum Gasteiger partial charge on any atom is -0.467 e. The predicted octanol–water partition coefficient (Wildman–Crippen LogP) is 5.59. The number of ether oxygens (including phenoxy) is 1. The number of aliphatic hydroxyl groups excluding tert-OH is 2. The number of benzene rings is 2. The van der Waals surface area contributed by atoms with Gasteiger partial charge >= 0.3 is 5.97 Å². The molecule has 4 aromatic rings. The number of carbonyl (C=O) groups excluding carboxylic acids is 1. The zero-order valence-corrected chi connectivity index (χ0v) is 24.0. The standard InChI is InChI=1S/C30H38N2O5Si/c1-30(2,3)38(5,6)37-25(18-24(33)28(34)29(35)36-4)26-27-22(16-17-31-26)21-14-10-11-15-23(21)32(27)19-20-12-8-7-9-13-20/h7-17,24-25,28,33-34H,18-19H2,1-6H3. The third-order valence-electron chi connectivity index (χ3n) is 7.70. The fraction of sp³-hybridized carbons (Fsp3) is 0.400. The van der Waals surface area contributed by atoms with Crippen LogP contribution in [-0.2, 0) is 20.5 Å². The van der Waals surface area contributed by atoms with Gasteiger partial charge in [-0.2, -0.15) is 0 Å². The van der Waals surface area contributed by atoms with Crippen LogP contribution in [0.3, 0.4) is 0 Å². The number of rotatable bonds is 9. The molecule has 7 nitrogen and oxygen atoms in total. The van der Waals surface area contributed by atoms with Crippen LogP contribution in [0, 0.1) is 0 Å². The van der Waals surface area contributed by atoms with Gasteiger partial charge in [0.15, 0.2) is 14.4 Å². The SMILES string of the molecule is COC(=O)C(O)C(O)CC(O[Si](C)(C)C(C)(C)C)c1nccc2c3ccccc3n(Cc3ccccc3)c12. The third kappa shape index (κ3) is 5.54. The number of aromatic nitrogens is 2. The number of hydrogen-bond acceptors (Lipinski definition) is 6. The molecular formula is C30H38N2O5Si. The quantitative estimate of drug-likeness (QED) is 0.215. The highest BCUT2D eigenvalue weighted by molar-refractivity contribution is 6.74. The van der Waals surface area contributed by atoms with E-state index in [1.54, 1.807) is 6.20 Å². The van der Waals surface area contributed by atoms with E-state index in [0.29, 0.717) is 12.2 Å². The number of fused-ring (bicyclic) bond motifs is 3. The van der Waals surface area contributed by atoms with Crippen molar-refractivity contribution in [1.29, 1.82) is 0 Å². The lowest BCUT2D eigenvalue weighted by molar-refractivity contribution is -0.157. The van der Waals surface area contributed by atoms with Gasteiger partial charge in [-0.1, -0.05) is 69.3 Å². The molecule has 3 unspecified atom stereocenters. The molecule has 2 aromatic heterocycles. The van der Waals surface area contributed by atoms with E-state index in [1.165, 1.54) is 7.11 Å². The van der Waals surface area contributed by atoms with Crippen LogP contribution in [0.2, 0.25) is 18.1 Å². The van der Waals surface area contributed by atoms with Crippen LogP contribution in [0.25, 0.3) is 21.8 Å². The fourth-order valence-corrected chi connectivity index (χ4v) is 5.84. The molecule has 3 atom stereocenters. The van der Waals surface area contributed by atoms with Gasteiger partial charge in [-0.05, 0) is 35.8 Å². The minimum absolute atomic E-state index is 0.0122. The summed E-state index contributed by atoms with van der Waals surface area (Å²) in [5, 5.41) is 23.4. The van der Waals surface area contributed by atoms with Crippen molar-refractivity contribution in [2.24, 2.45) is 0 Å². The third-order valence-corrected chi connectivity index (χ3v) is 12.2. The molecule has 0 aliphatic rings. The molecule has 38 heavy (non-hydrogen) atoms. The van der Waals surface area contributed by atoms with Gasteiger partial charge in [0, 0.05) is 35.5 Å². The van der Waals surface area contributed by atoms with Gasteiger partial charge in [0.1, 0.15) is 0 Å². The lowest BCUT2D eigenvalue weighted by Gasteiger charge is -2.40. The van der Waals surface area contributed by atoms with Crippen LogP contribution in [0.15, 0.2) is 66.9 Å². The molecule has 2 N–H and O–H groups in total. The summed E-state index contributed by atoms with van der Waals surface area (Å²) in [6, 6.07) is 20.5. The Hall–Kier alpha value is -3.04. The number of hydrogen-bond donors (Lipinski definition) is 2. The topological polar surface area (TPSA) is 93.8 Å². The largest absolute Gasteiger partial charge is 0.467 e. The summed E-state index contributed by atoms with van der Waals surface area (Å²) in [7, 11) is -1.18. The summed E-state index contributed by atoms with van der Waals surface area (Å²) in [5.41, 5.74) is 3.81. The van der Waals surface area contributed by atoms with Crippen molar-refractivity contribution in [1.82, 2.24) is 9.55 Å². The molecule has 4 rings (SSSR count). The zero-order valence-electron chi connectivity index (χ0n) is 23.0. The van der Waals surface area contributed by atoms with Crippen LogP contribution in [0.4, 0.5) is 0 Å². The second-order valence-electron chi connectivity index (χ2n) is 11.3. The van der Waals surface area contributed by atoms with Crippen LogP contribution in [-0.4, -0.2) is 53.4 Å². The molecule has 0 radical (unpaired) electrons. The molecule has 0 aliphatic carbocycles. The first kappa shape index (κ1) is 28.0. The van der Waals surface area contributed by atoms with Crippen molar-refractivity contribution in [2.75, 3.05) is 7.11 Å². The van der Waals surface area contributed by atoms with E-state index in [9.17, 15) is 15.0 Å². The average molecular weight is 535 g/mol. The second-order valence-corrected chi connectivity index (χ2v) is 16.1. The van der Waals surface area contributed by atoms with Crippen molar-refractivity contribution < 1.29 is 24.2 Å². The summed E-state index contributed by atoms with van der Waals surface area (Å²) in [4.78, 5) is 16.8. The number of aliphatic hydroxyl groups is 2. The molecule has 0 fully saturated rings. The number of esters is 1. The molecule has 0 spiro atoms. The highest BCUT2D eigenvalue weighted by atomic mass is 28.4. The van der Waals surface area contributed by atoms with Crippen molar-refractivity contribution in [3.8, 4) is 0 Å². The van der Waals surface area contributed by atoms with Crippen molar-refractivity contribution >= 4 is 36.1 Å². The van der Waals surface area contributed by atoms with Gasteiger partial charge < -0.3 is 23.9 Å². The van der Waals surface area contributed by atoms with Gasteiger partial charge in [-0.15, -0.1) is 0 Å². The number of methoxy groups -OCH3 is 1. The van der Waals surface area contributed by atoms with E-state index >= 15 is 0 Å². The van der Waals surface area contributed by atoms with E-state index < -0.39 is 32.6 Å². The number of pyridine rings is 1. The summed E-state index contributed by atoms with van der Waals surface area (Å²) in [6.45, 7) is 11.4. The minimum atomic E-state index is -2.36. The Morgan fingerprint density at radius 2 is 1.66 bits per heavy atom. The van der Waals surface area contributed by atoms with E-state index in [4.69, 9.17) is 9.41 Å². The normalized spacial score (nSPS) is 14.9. The van der Waals surface area contributed by atoms with Crippen LogP contribution in [0.5, 0.6) is 0 Å². The van der Waals surface area contributed by atoms with Gasteiger partial charge in [0.25, 0.3) is 0 Å². The second kappa shape index (κ2) is 11.0. The number of para-hydroxylation sites is 1. The highest BCUT2D eigenvalue weighted by Gasteiger charge is 2.41. The van der Waals surface area contributed by atoms with E-state index in [0.717, 1.165) is 27.4 Å². The molecule has 0 aliphatic heterocycles. The van der Waals surface area contributed by atoms with Crippen molar-refractivity contribution in [3.63, 3.8) is 0 Å². The number of nitrogens with zero attached hydrogens (tertiary/aromatic N) is 2. The summed E-state index contributed by atoms with van der Waals surface area (Å²) in [6.07, 6.45) is -1.97. The average Bonchev–Trinajstić information content (AvgIpc) is 3.21. The smallest absolute Gasteiger partial charge is 0.337 e. The first-order valence-corrected chi connectivity index (χ1v) is 15.9. The van der Waals surface area contributed by atoms with Crippen LogP contribution < -0.4 is 0 Å². The first-order chi connectivity index (χ1) is 17.9. The molecule has 0 saturated heterocycles. The lowest BCUT2D eigenvalue weighted by Crippen LogP contribution is -2.44. The maximum atomic E-state index is 12.0. The highest BCUT2D eigenvalue weighted by Crippen LogP contribution is 2.43. The Kier molecular flexibility index (Phi) is 8.08.